The minimum Gasteiger partial charge on any atom is -0.497 e. The molecule has 0 aliphatic heterocycles. The second-order valence-electron chi connectivity index (χ2n) is 4.27. The molecule has 1 rings (SSSR count). The fourth-order valence-electron chi connectivity index (χ4n) is 1.61. The molecule has 0 atom stereocenters. The van der Waals surface area contributed by atoms with Crippen LogP contribution in [0.2, 0.25) is 0 Å². The van der Waals surface area contributed by atoms with Crippen LogP contribution < -0.4 is 14.8 Å². The molecular weight excluding hydrogens is 244 g/mol. The second-order valence-corrected chi connectivity index (χ2v) is 4.27. The first kappa shape index (κ1) is 15.1. The van der Waals surface area contributed by atoms with Gasteiger partial charge in [-0.3, -0.25) is 0 Å². The van der Waals surface area contributed by atoms with Gasteiger partial charge in [-0.15, -0.1) is 0 Å². The zero-order valence-corrected chi connectivity index (χ0v) is 12.0. The number of methoxy groups -OCH3 is 2. The Morgan fingerprint density at radius 3 is 2.63 bits per heavy atom. The van der Waals surface area contributed by atoms with Gasteiger partial charge in [-0.25, -0.2) is 4.79 Å². The van der Waals surface area contributed by atoms with Crippen LogP contribution in [-0.2, 0) is 0 Å². The summed E-state index contributed by atoms with van der Waals surface area (Å²) in [5, 5.41) is 2.83. The molecule has 0 radical (unpaired) electrons. The Morgan fingerprint density at radius 2 is 2.05 bits per heavy atom. The summed E-state index contributed by atoms with van der Waals surface area (Å²) in [4.78, 5) is 13.6. The Bertz CT molecular complexity index is 421. The van der Waals surface area contributed by atoms with Gasteiger partial charge in [-0.05, 0) is 18.6 Å². The van der Waals surface area contributed by atoms with Crippen molar-refractivity contribution in [3.8, 4) is 11.5 Å². The number of hydrogen-bond donors (Lipinski definition) is 1. The van der Waals surface area contributed by atoms with Crippen molar-refractivity contribution in [1.82, 2.24) is 4.90 Å². The van der Waals surface area contributed by atoms with Gasteiger partial charge in [0.05, 0.1) is 19.9 Å². The first-order valence-corrected chi connectivity index (χ1v) is 6.36. The molecule has 0 aliphatic carbocycles. The molecule has 0 aliphatic rings. The van der Waals surface area contributed by atoms with Gasteiger partial charge in [0, 0.05) is 19.7 Å². The van der Waals surface area contributed by atoms with E-state index in [0.29, 0.717) is 17.2 Å². The molecule has 0 bridgehead atoms. The van der Waals surface area contributed by atoms with Crippen molar-refractivity contribution in [1.29, 1.82) is 0 Å². The summed E-state index contributed by atoms with van der Waals surface area (Å²) in [6.45, 7) is 2.83. The molecule has 0 spiro atoms. The van der Waals surface area contributed by atoms with E-state index in [1.165, 1.54) is 0 Å². The molecule has 0 saturated heterocycles. The van der Waals surface area contributed by atoms with Gasteiger partial charge in [0.25, 0.3) is 0 Å². The topological polar surface area (TPSA) is 50.8 Å². The number of rotatable bonds is 6. The van der Waals surface area contributed by atoms with Crippen molar-refractivity contribution in [2.75, 3.05) is 33.1 Å². The third-order valence-corrected chi connectivity index (χ3v) is 2.84. The highest BCUT2D eigenvalue weighted by Gasteiger charge is 2.11. The number of ether oxygens (including phenoxy) is 2. The Labute approximate surface area is 114 Å². The molecule has 5 heteroatoms. The summed E-state index contributed by atoms with van der Waals surface area (Å²) in [6, 6.07) is 5.15. The second kappa shape index (κ2) is 7.51. The van der Waals surface area contributed by atoms with Crippen LogP contribution in [0, 0.1) is 0 Å². The highest BCUT2D eigenvalue weighted by Crippen LogP contribution is 2.29. The smallest absolute Gasteiger partial charge is 0.321 e. The van der Waals surface area contributed by atoms with E-state index in [2.05, 4.69) is 12.2 Å². The van der Waals surface area contributed by atoms with Gasteiger partial charge in [-0.1, -0.05) is 13.3 Å². The first-order chi connectivity index (χ1) is 9.12. The molecule has 5 nitrogen and oxygen atoms in total. The predicted octanol–water partition coefficient (Wildman–Crippen LogP) is 2.97. The van der Waals surface area contributed by atoms with E-state index in [9.17, 15) is 4.79 Å². The zero-order valence-electron chi connectivity index (χ0n) is 12.0. The van der Waals surface area contributed by atoms with Crippen molar-refractivity contribution in [2.24, 2.45) is 0 Å². The number of nitrogens with one attached hydrogen (secondary N) is 1. The Kier molecular flexibility index (Phi) is 5.99. The van der Waals surface area contributed by atoms with E-state index < -0.39 is 0 Å². The molecule has 0 unspecified atom stereocenters. The number of carbonyl (C=O) groups excluding carboxylic acids is 1. The maximum Gasteiger partial charge on any atom is 0.321 e. The van der Waals surface area contributed by atoms with Crippen molar-refractivity contribution in [2.45, 2.75) is 19.8 Å². The first-order valence-electron chi connectivity index (χ1n) is 6.36. The summed E-state index contributed by atoms with van der Waals surface area (Å²) < 4.78 is 10.4. The van der Waals surface area contributed by atoms with Crippen LogP contribution in [0.15, 0.2) is 18.2 Å². The zero-order chi connectivity index (χ0) is 14.3. The lowest BCUT2D eigenvalue weighted by atomic mass is 10.2. The Morgan fingerprint density at radius 1 is 1.32 bits per heavy atom. The van der Waals surface area contributed by atoms with Crippen LogP contribution in [0.4, 0.5) is 10.5 Å². The number of anilines is 1. The molecule has 1 aromatic carbocycles. The van der Waals surface area contributed by atoms with Crippen LogP contribution in [-0.4, -0.2) is 38.7 Å². The minimum absolute atomic E-state index is 0.142. The number of urea groups is 1. The highest BCUT2D eigenvalue weighted by molar-refractivity contribution is 5.91. The van der Waals surface area contributed by atoms with Gasteiger partial charge < -0.3 is 19.7 Å². The number of benzene rings is 1. The van der Waals surface area contributed by atoms with Crippen LogP contribution in [0.3, 0.4) is 0 Å². The monoisotopic (exact) mass is 266 g/mol. The highest BCUT2D eigenvalue weighted by atomic mass is 16.5. The Balaban J connectivity index is 2.73. The van der Waals surface area contributed by atoms with E-state index in [0.717, 1.165) is 19.4 Å². The lowest BCUT2D eigenvalue weighted by molar-refractivity contribution is 0.221. The van der Waals surface area contributed by atoms with Gasteiger partial charge in [0.1, 0.15) is 11.5 Å². The van der Waals surface area contributed by atoms with Gasteiger partial charge in [0.15, 0.2) is 0 Å². The van der Waals surface area contributed by atoms with Crippen LogP contribution in [0.25, 0.3) is 0 Å². The van der Waals surface area contributed by atoms with E-state index in [4.69, 9.17) is 9.47 Å². The standard InChI is InChI=1S/C14H22N2O3/c1-5-6-9-16(2)14(17)15-12-8-7-11(18-3)10-13(12)19-4/h7-8,10H,5-6,9H2,1-4H3,(H,15,17). The van der Waals surface area contributed by atoms with E-state index in [1.807, 2.05) is 0 Å². The summed E-state index contributed by atoms with van der Waals surface area (Å²) in [7, 11) is 4.93. The maximum atomic E-state index is 12.0. The predicted molar refractivity (Wildman–Crippen MR) is 76.1 cm³/mol. The summed E-state index contributed by atoms with van der Waals surface area (Å²) in [6.07, 6.45) is 2.05. The SMILES string of the molecule is CCCCN(C)C(=O)Nc1ccc(OC)cc1OC. The molecule has 2 amide bonds. The van der Waals surface area contributed by atoms with Crippen molar-refractivity contribution >= 4 is 11.7 Å². The average Bonchev–Trinajstić information content (AvgIpc) is 2.44. The van der Waals surface area contributed by atoms with E-state index in [-0.39, 0.29) is 6.03 Å². The lowest BCUT2D eigenvalue weighted by Crippen LogP contribution is -2.32. The van der Waals surface area contributed by atoms with E-state index in [1.54, 1.807) is 44.4 Å². The van der Waals surface area contributed by atoms with Crippen LogP contribution in [0.5, 0.6) is 11.5 Å². The fourth-order valence-corrected chi connectivity index (χ4v) is 1.61. The largest absolute Gasteiger partial charge is 0.497 e. The molecule has 19 heavy (non-hydrogen) atoms. The minimum atomic E-state index is -0.142. The molecule has 0 heterocycles. The molecule has 106 valence electrons. The third kappa shape index (κ3) is 4.35. The molecule has 0 saturated carbocycles. The molecule has 1 aromatic rings. The quantitative estimate of drug-likeness (QED) is 0.861. The summed E-state index contributed by atoms with van der Waals surface area (Å²) in [5.41, 5.74) is 0.636. The average molecular weight is 266 g/mol. The third-order valence-electron chi connectivity index (χ3n) is 2.84. The summed E-state index contributed by atoms with van der Waals surface area (Å²) >= 11 is 0. The summed E-state index contributed by atoms with van der Waals surface area (Å²) in [5.74, 6) is 1.27. The normalized spacial score (nSPS) is 9.89. The Hall–Kier alpha value is -1.91. The van der Waals surface area contributed by atoms with Crippen molar-refractivity contribution in [3.63, 3.8) is 0 Å². The van der Waals surface area contributed by atoms with Gasteiger partial charge in [-0.2, -0.15) is 0 Å². The number of hydrogen-bond acceptors (Lipinski definition) is 3. The van der Waals surface area contributed by atoms with Gasteiger partial charge >= 0.3 is 6.03 Å². The van der Waals surface area contributed by atoms with Gasteiger partial charge in [0.2, 0.25) is 0 Å². The molecule has 1 N–H and O–H groups in total. The number of unbranched alkanes of at least 4 members (excludes halogenated alkanes) is 1. The number of carbonyl (C=O) groups is 1. The van der Waals surface area contributed by atoms with Crippen LogP contribution in [0.1, 0.15) is 19.8 Å². The van der Waals surface area contributed by atoms with Crippen molar-refractivity contribution < 1.29 is 14.3 Å². The molecular formula is C14H22N2O3. The number of amides is 2. The molecule has 0 fully saturated rings. The molecule has 0 aromatic heterocycles. The fraction of sp³-hybridized carbons (Fsp3) is 0.500. The lowest BCUT2D eigenvalue weighted by Gasteiger charge is -2.19. The van der Waals surface area contributed by atoms with Crippen molar-refractivity contribution in [3.05, 3.63) is 18.2 Å². The maximum absolute atomic E-state index is 12.0. The van der Waals surface area contributed by atoms with Crippen LogP contribution >= 0.6 is 0 Å². The van der Waals surface area contributed by atoms with E-state index >= 15 is 0 Å². The number of nitrogens with zero attached hydrogens (tertiary/aromatic N) is 1.